The zero-order valence-electron chi connectivity index (χ0n) is 14.9. The molecule has 0 aliphatic heterocycles. The van der Waals surface area contributed by atoms with Crippen molar-refractivity contribution in [2.75, 3.05) is 6.61 Å². The summed E-state index contributed by atoms with van der Waals surface area (Å²) in [5.74, 6) is -0.204. The van der Waals surface area contributed by atoms with Gasteiger partial charge in [0.25, 0.3) is 5.91 Å². The minimum atomic E-state index is -0.430. The molecule has 26 heavy (non-hydrogen) atoms. The van der Waals surface area contributed by atoms with Crippen molar-refractivity contribution >= 4 is 5.91 Å². The van der Waals surface area contributed by atoms with Crippen molar-refractivity contribution in [1.82, 2.24) is 10.3 Å². The van der Waals surface area contributed by atoms with Gasteiger partial charge in [0.15, 0.2) is 0 Å². The van der Waals surface area contributed by atoms with Gasteiger partial charge in [-0.15, -0.1) is 0 Å². The van der Waals surface area contributed by atoms with Crippen molar-refractivity contribution in [1.29, 1.82) is 0 Å². The summed E-state index contributed by atoms with van der Waals surface area (Å²) in [6, 6.07) is 16.9. The number of pyridine rings is 1. The monoisotopic (exact) mass is 346 g/mol. The van der Waals surface area contributed by atoms with Crippen LogP contribution in [0.15, 0.2) is 67.0 Å². The first kappa shape index (κ1) is 17.8. The second-order valence-electron chi connectivity index (χ2n) is 6.44. The lowest BCUT2D eigenvalue weighted by atomic mass is 10.0. The first-order valence-corrected chi connectivity index (χ1v) is 8.57. The van der Waals surface area contributed by atoms with Crippen molar-refractivity contribution in [3.63, 3.8) is 0 Å². The van der Waals surface area contributed by atoms with Gasteiger partial charge in [-0.25, -0.2) is 0 Å². The summed E-state index contributed by atoms with van der Waals surface area (Å²) in [4.78, 5) is 16.6. The fourth-order valence-electron chi connectivity index (χ4n) is 3.05. The number of carbonyl (C=O) groups is 1. The second kappa shape index (κ2) is 7.93. The van der Waals surface area contributed by atoms with Gasteiger partial charge < -0.3 is 10.4 Å². The Morgan fingerprint density at radius 2 is 1.54 bits per heavy atom. The normalized spacial score (nSPS) is 11.8. The van der Waals surface area contributed by atoms with Crippen molar-refractivity contribution in [2.45, 2.75) is 19.9 Å². The smallest absolute Gasteiger partial charge is 0.251 e. The quantitative estimate of drug-likeness (QED) is 0.738. The average Bonchev–Trinajstić information content (AvgIpc) is 2.66. The highest BCUT2D eigenvalue weighted by Crippen LogP contribution is 2.20. The van der Waals surface area contributed by atoms with Gasteiger partial charge in [-0.3, -0.25) is 9.78 Å². The molecule has 1 amide bonds. The predicted molar refractivity (Wildman–Crippen MR) is 103 cm³/mol. The van der Waals surface area contributed by atoms with Crippen molar-refractivity contribution in [3.05, 3.63) is 89.2 Å². The fraction of sp³-hybridized carbons (Fsp3) is 0.182. The summed E-state index contributed by atoms with van der Waals surface area (Å²) in [6.07, 6.45) is 3.48. The molecule has 0 radical (unpaired) electrons. The van der Waals surface area contributed by atoms with E-state index in [0.29, 0.717) is 5.56 Å². The molecule has 0 saturated carbocycles. The molecule has 1 heterocycles. The number of aliphatic hydroxyl groups excluding tert-OH is 1. The molecule has 0 bridgehead atoms. The zero-order chi connectivity index (χ0) is 18.5. The van der Waals surface area contributed by atoms with Crippen molar-refractivity contribution < 1.29 is 9.90 Å². The lowest BCUT2D eigenvalue weighted by Crippen LogP contribution is -2.30. The molecule has 0 saturated heterocycles. The number of nitrogens with one attached hydrogen (secondary N) is 1. The lowest BCUT2D eigenvalue weighted by molar-refractivity contribution is 0.0916. The maximum absolute atomic E-state index is 12.6. The van der Waals surface area contributed by atoms with E-state index in [1.807, 2.05) is 50.2 Å². The number of aliphatic hydroxyl groups is 1. The third-order valence-corrected chi connectivity index (χ3v) is 4.30. The van der Waals surface area contributed by atoms with Crippen LogP contribution in [0.2, 0.25) is 0 Å². The average molecular weight is 346 g/mol. The van der Waals surface area contributed by atoms with Gasteiger partial charge in [-0.2, -0.15) is 0 Å². The van der Waals surface area contributed by atoms with Gasteiger partial charge in [0.2, 0.25) is 0 Å². The summed E-state index contributed by atoms with van der Waals surface area (Å²) >= 11 is 0. The number of benzene rings is 2. The topological polar surface area (TPSA) is 62.2 Å². The molecule has 4 heteroatoms. The molecule has 132 valence electrons. The molecule has 1 unspecified atom stereocenters. The number of hydrogen-bond acceptors (Lipinski definition) is 3. The molecule has 1 aromatic heterocycles. The van der Waals surface area contributed by atoms with Crippen LogP contribution < -0.4 is 5.32 Å². The molecule has 3 rings (SSSR count). The lowest BCUT2D eigenvalue weighted by Gasteiger charge is -2.18. The number of amides is 1. The number of aromatic nitrogens is 1. The number of nitrogens with zero attached hydrogens (tertiary/aromatic N) is 1. The SMILES string of the molecule is Cc1cc(C)cc(C(CO)NC(=O)c2ccc(-c3ccncc3)cc2)c1. The third-order valence-electron chi connectivity index (χ3n) is 4.30. The first-order valence-electron chi connectivity index (χ1n) is 8.57. The van der Waals surface area contributed by atoms with Gasteiger partial charge in [0.1, 0.15) is 0 Å². The summed E-state index contributed by atoms with van der Waals surface area (Å²) < 4.78 is 0. The highest BCUT2D eigenvalue weighted by Gasteiger charge is 2.15. The van der Waals surface area contributed by atoms with Gasteiger partial charge in [-0.05, 0) is 54.8 Å². The van der Waals surface area contributed by atoms with E-state index in [1.165, 1.54) is 0 Å². The molecule has 3 aromatic rings. The second-order valence-corrected chi connectivity index (χ2v) is 6.44. The van der Waals surface area contributed by atoms with Gasteiger partial charge in [0.05, 0.1) is 12.6 Å². The van der Waals surface area contributed by atoms with Crippen molar-refractivity contribution in [2.24, 2.45) is 0 Å². The van der Waals surface area contributed by atoms with Crippen LogP contribution in [0.1, 0.15) is 33.1 Å². The van der Waals surface area contributed by atoms with Crippen LogP contribution in [-0.2, 0) is 0 Å². The summed E-state index contributed by atoms with van der Waals surface area (Å²) in [5.41, 5.74) is 5.76. The highest BCUT2D eigenvalue weighted by atomic mass is 16.3. The van der Waals surface area contributed by atoms with E-state index < -0.39 is 6.04 Å². The van der Waals surface area contributed by atoms with Crippen LogP contribution in [-0.4, -0.2) is 22.6 Å². The maximum Gasteiger partial charge on any atom is 0.251 e. The summed E-state index contributed by atoms with van der Waals surface area (Å²) in [6.45, 7) is 3.86. The van der Waals surface area contributed by atoms with E-state index in [-0.39, 0.29) is 12.5 Å². The van der Waals surface area contributed by atoms with E-state index in [1.54, 1.807) is 24.5 Å². The van der Waals surface area contributed by atoms with Crippen LogP contribution in [0.4, 0.5) is 0 Å². The fourth-order valence-corrected chi connectivity index (χ4v) is 3.05. The predicted octanol–water partition coefficient (Wildman–Crippen LogP) is 3.83. The van der Waals surface area contributed by atoms with Crippen molar-refractivity contribution in [3.8, 4) is 11.1 Å². The Bertz CT molecular complexity index is 870. The van der Waals surface area contributed by atoms with Gasteiger partial charge in [-0.1, -0.05) is 41.5 Å². The Labute approximate surface area is 153 Å². The summed E-state index contributed by atoms with van der Waals surface area (Å²) in [7, 11) is 0. The first-order chi connectivity index (χ1) is 12.6. The Hall–Kier alpha value is -2.98. The minimum absolute atomic E-state index is 0.149. The molecule has 0 aliphatic rings. The molecule has 2 aromatic carbocycles. The Balaban J connectivity index is 1.76. The van der Waals surface area contributed by atoms with E-state index >= 15 is 0 Å². The molecule has 0 fully saturated rings. The van der Waals surface area contributed by atoms with E-state index in [2.05, 4.69) is 16.4 Å². The molecular formula is C22H22N2O2. The van der Waals surface area contributed by atoms with Crippen LogP contribution in [0.25, 0.3) is 11.1 Å². The molecule has 0 aliphatic carbocycles. The molecule has 1 atom stereocenters. The molecule has 4 nitrogen and oxygen atoms in total. The highest BCUT2D eigenvalue weighted by molar-refractivity contribution is 5.95. The third kappa shape index (κ3) is 4.16. The Morgan fingerprint density at radius 3 is 2.12 bits per heavy atom. The van der Waals surface area contributed by atoms with Crippen LogP contribution in [0.3, 0.4) is 0 Å². The Kier molecular flexibility index (Phi) is 5.44. The largest absolute Gasteiger partial charge is 0.394 e. The van der Waals surface area contributed by atoms with E-state index in [4.69, 9.17) is 0 Å². The van der Waals surface area contributed by atoms with Crippen LogP contribution >= 0.6 is 0 Å². The number of aryl methyl sites for hydroxylation is 2. The van der Waals surface area contributed by atoms with E-state index in [0.717, 1.165) is 27.8 Å². The minimum Gasteiger partial charge on any atom is -0.394 e. The number of carbonyl (C=O) groups excluding carboxylic acids is 1. The van der Waals surface area contributed by atoms with Gasteiger partial charge in [0, 0.05) is 18.0 Å². The molecule has 0 spiro atoms. The van der Waals surface area contributed by atoms with E-state index in [9.17, 15) is 9.90 Å². The number of hydrogen-bond donors (Lipinski definition) is 2. The van der Waals surface area contributed by atoms with Crippen LogP contribution in [0.5, 0.6) is 0 Å². The summed E-state index contributed by atoms with van der Waals surface area (Å²) in [5, 5.41) is 12.6. The Morgan fingerprint density at radius 1 is 0.962 bits per heavy atom. The maximum atomic E-state index is 12.6. The van der Waals surface area contributed by atoms with Gasteiger partial charge >= 0.3 is 0 Å². The van der Waals surface area contributed by atoms with Crippen LogP contribution in [0, 0.1) is 13.8 Å². The molecular weight excluding hydrogens is 324 g/mol. The number of rotatable bonds is 5. The zero-order valence-corrected chi connectivity index (χ0v) is 14.9. The molecule has 2 N–H and O–H groups in total. The standard InChI is InChI=1S/C22H22N2O2/c1-15-11-16(2)13-20(12-15)21(14-25)24-22(26)19-5-3-17(4-6-19)18-7-9-23-10-8-18/h3-13,21,25H,14H2,1-2H3,(H,24,26).